The fourth-order valence-electron chi connectivity index (χ4n) is 3.77. The maximum atomic E-state index is 13.0. The standard InChI is InChI=1S/C28H24BrClN2O4S2/c1-15-9-17(3)20(10-16(15)2)14-36-25-22(29)11-18(12-23(25)35-4)13-24-27(34)32(28(37)38-24)31-26(33)19-5-7-21(30)8-6-19/h5-13H,14H2,1-4H3,(H,31,33)/b24-13+. The molecule has 1 N–H and O–H groups in total. The van der Waals surface area contributed by atoms with Crippen molar-refractivity contribution in [3.8, 4) is 11.5 Å². The molecule has 1 fully saturated rings. The van der Waals surface area contributed by atoms with E-state index in [1.54, 1.807) is 43.5 Å². The van der Waals surface area contributed by atoms with Crippen LogP contribution in [0.4, 0.5) is 0 Å². The van der Waals surface area contributed by atoms with Gasteiger partial charge in [-0.3, -0.25) is 15.0 Å². The average Bonchev–Trinajstić information content (AvgIpc) is 3.13. The third-order valence-electron chi connectivity index (χ3n) is 5.99. The Balaban J connectivity index is 1.52. The van der Waals surface area contributed by atoms with Crippen molar-refractivity contribution in [2.24, 2.45) is 0 Å². The minimum absolute atomic E-state index is 0.221. The second-order valence-electron chi connectivity index (χ2n) is 8.65. The summed E-state index contributed by atoms with van der Waals surface area (Å²) in [6, 6.07) is 14.2. The molecule has 0 bridgehead atoms. The first kappa shape index (κ1) is 28.2. The van der Waals surface area contributed by atoms with Gasteiger partial charge in [0.1, 0.15) is 6.61 Å². The van der Waals surface area contributed by atoms with Gasteiger partial charge in [-0.05, 0) is 119 Å². The van der Waals surface area contributed by atoms with Gasteiger partial charge in [0.25, 0.3) is 11.8 Å². The Hall–Kier alpha value is -2.85. The third kappa shape index (κ3) is 6.23. The number of thioether (sulfide) groups is 1. The van der Waals surface area contributed by atoms with Crippen LogP contribution in [-0.4, -0.2) is 28.3 Å². The Labute approximate surface area is 244 Å². The Morgan fingerprint density at radius 1 is 1.11 bits per heavy atom. The van der Waals surface area contributed by atoms with Gasteiger partial charge < -0.3 is 9.47 Å². The van der Waals surface area contributed by atoms with E-state index >= 15 is 0 Å². The van der Waals surface area contributed by atoms with Gasteiger partial charge in [-0.25, -0.2) is 0 Å². The molecular weight excluding hydrogens is 608 g/mol. The van der Waals surface area contributed by atoms with Crippen LogP contribution in [0.15, 0.2) is 57.9 Å². The van der Waals surface area contributed by atoms with Crippen LogP contribution in [0.5, 0.6) is 11.5 Å². The predicted octanol–water partition coefficient (Wildman–Crippen LogP) is 7.16. The molecule has 0 aliphatic carbocycles. The highest BCUT2D eigenvalue weighted by molar-refractivity contribution is 9.10. The number of thiocarbonyl (C=S) groups is 1. The zero-order chi connectivity index (χ0) is 27.6. The molecule has 1 saturated heterocycles. The molecule has 0 saturated carbocycles. The molecule has 2 amide bonds. The van der Waals surface area contributed by atoms with Crippen molar-refractivity contribution < 1.29 is 19.1 Å². The molecule has 1 aliphatic heterocycles. The average molecular weight is 632 g/mol. The fourth-order valence-corrected chi connectivity index (χ4v) is 5.65. The smallest absolute Gasteiger partial charge is 0.285 e. The Kier molecular flexibility index (Phi) is 8.82. The number of hydrazine groups is 1. The van der Waals surface area contributed by atoms with Crippen molar-refractivity contribution in [2.45, 2.75) is 27.4 Å². The van der Waals surface area contributed by atoms with E-state index in [0.29, 0.717) is 43.6 Å². The van der Waals surface area contributed by atoms with E-state index in [1.165, 1.54) is 11.1 Å². The quantitative estimate of drug-likeness (QED) is 0.221. The van der Waals surface area contributed by atoms with Gasteiger partial charge in [0.05, 0.1) is 16.5 Å². The van der Waals surface area contributed by atoms with E-state index in [9.17, 15) is 9.59 Å². The molecule has 6 nitrogen and oxygen atoms in total. The predicted molar refractivity (Wildman–Crippen MR) is 160 cm³/mol. The van der Waals surface area contributed by atoms with Crippen LogP contribution < -0.4 is 14.9 Å². The summed E-state index contributed by atoms with van der Waals surface area (Å²) in [5, 5.41) is 1.58. The summed E-state index contributed by atoms with van der Waals surface area (Å²) in [5.74, 6) is 0.177. The molecule has 38 heavy (non-hydrogen) atoms. The van der Waals surface area contributed by atoms with Gasteiger partial charge in [0.2, 0.25) is 0 Å². The summed E-state index contributed by atoms with van der Waals surface area (Å²) in [6.07, 6.45) is 1.69. The van der Waals surface area contributed by atoms with Crippen molar-refractivity contribution in [1.82, 2.24) is 10.4 Å². The molecule has 3 aromatic rings. The van der Waals surface area contributed by atoms with Crippen LogP contribution in [0.1, 0.15) is 38.2 Å². The number of hydrogen-bond acceptors (Lipinski definition) is 6. The number of aryl methyl sites for hydroxylation is 3. The lowest BCUT2D eigenvalue weighted by Crippen LogP contribution is -2.44. The summed E-state index contributed by atoms with van der Waals surface area (Å²) < 4.78 is 12.6. The normalized spacial score (nSPS) is 14.3. The van der Waals surface area contributed by atoms with E-state index < -0.39 is 11.8 Å². The molecular formula is C28H24BrClN2O4S2. The van der Waals surface area contributed by atoms with Gasteiger partial charge in [-0.2, -0.15) is 5.01 Å². The van der Waals surface area contributed by atoms with E-state index in [0.717, 1.165) is 27.9 Å². The first-order valence-corrected chi connectivity index (χ1v) is 13.9. The second-order valence-corrected chi connectivity index (χ2v) is 11.6. The monoisotopic (exact) mass is 630 g/mol. The van der Waals surface area contributed by atoms with Gasteiger partial charge >= 0.3 is 0 Å². The zero-order valence-corrected chi connectivity index (χ0v) is 25.0. The number of carbonyl (C=O) groups excluding carboxylic acids is 2. The van der Waals surface area contributed by atoms with Gasteiger partial charge in [-0.1, -0.05) is 35.5 Å². The highest BCUT2D eigenvalue weighted by Gasteiger charge is 2.34. The lowest BCUT2D eigenvalue weighted by Gasteiger charge is -2.16. The first-order chi connectivity index (χ1) is 18.1. The SMILES string of the molecule is COc1cc(/C=C2/SC(=S)N(NC(=O)c3ccc(Cl)cc3)C2=O)cc(Br)c1OCc1cc(C)c(C)cc1C. The molecule has 0 spiro atoms. The lowest BCUT2D eigenvalue weighted by molar-refractivity contribution is -0.123. The largest absolute Gasteiger partial charge is 0.493 e. The highest BCUT2D eigenvalue weighted by atomic mass is 79.9. The van der Waals surface area contributed by atoms with Gasteiger partial charge in [-0.15, -0.1) is 0 Å². The van der Waals surface area contributed by atoms with Crippen LogP contribution >= 0.6 is 51.5 Å². The van der Waals surface area contributed by atoms with E-state index in [-0.39, 0.29) is 4.32 Å². The molecule has 0 atom stereocenters. The number of methoxy groups -OCH3 is 1. The lowest BCUT2D eigenvalue weighted by atomic mass is 10.0. The first-order valence-electron chi connectivity index (χ1n) is 11.5. The number of halogens is 2. The van der Waals surface area contributed by atoms with Crippen LogP contribution in [0.2, 0.25) is 5.02 Å². The van der Waals surface area contributed by atoms with Crippen LogP contribution in [0, 0.1) is 20.8 Å². The fraction of sp³-hybridized carbons (Fsp3) is 0.179. The number of rotatable bonds is 7. The number of carbonyl (C=O) groups is 2. The minimum Gasteiger partial charge on any atom is -0.493 e. The van der Waals surface area contributed by atoms with Crippen LogP contribution in [0.25, 0.3) is 6.08 Å². The molecule has 10 heteroatoms. The molecule has 4 rings (SSSR count). The number of ether oxygens (including phenoxy) is 2. The maximum absolute atomic E-state index is 13.0. The second kappa shape index (κ2) is 11.9. The number of amides is 2. The molecule has 3 aromatic carbocycles. The van der Waals surface area contributed by atoms with E-state index in [2.05, 4.69) is 54.3 Å². The topological polar surface area (TPSA) is 67.9 Å². The molecule has 0 radical (unpaired) electrons. The summed E-state index contributed by atoms with van der Waals surface area (Å²) in [4.78, 5) is 26.0. The zero-order valence-electron chi connectivity index (χ0n) is 21.1. The van der Waals surface area contributed by atoms with Crippen LogP contribution in [-0.2, 0) is 11.4 Å². The number of benzene rings is 3. The third-order valence-corrected chi connectivity index (χ3v) is 8.13. The summed E-state index contributed by atoms with van der Waals surface area (Å²) >= 11 is 15.9. The highest BCUT2D eigenvalue weighted by Crippen LogP contribution is 2.39. The summed E-state index contributed by atoms with van der Waals surface area (Å²) in [6.45, 7) is 6.61. The molecule has 0 aromatic heterocycles. The number of nitrogens with zero attached hydrogens (tertiary/aromatic N) is 1. The summed E-state index contributed by atoms with van der Waals surface area (Å²) in [5.41, 5.74) is 8.31. The van der Waals surface area contributed by atoms with E-state index in [1.807, 2.05) is 6.07 Å². The van der Waals surface area contributed by atoms with Crippen molar-refractivity contribution in [1.29, 1.82) is 0 Å². The van der Waals surface area contributed by atoms with Crippen LogP contribution in [0.3, 0.4) is 0 Å². The molecule has 0 unspecified atom stereocenters. The maximum Gasteiger partial charge on any atom is 0.285 e. The van der Waals surface area contributed by atoms with Crippen molar-refractivity contribution in [3.05, 3.63) is 96.3 Å². The van der Waals surface area contributed by atoms with Gasteiger partial charge in [0.15, 0.2) is 15.8 Å². The molecule has 1 aliphatic rings. The van der Waals surface area contributed by atoms with E-state index in [4.69, 9.17) is 33.3 Å². The Morgan fingerprint density at radius 2 is 1.79 bits per heavy atom. The van der Waals surface area contributed by atoms with Crippen molar-refractivity contribution in [3.63, 3.8) is 0 Å². The number of hydrogen-bond donors (Lipinski definition) is 1. The number of nitrogens with one attached hydrogen (secondary N) is 1. The van der Waals surface area contributed by atoms with Crippen molar-refractivity contribution >= 4 is 73.7 Å². The Morgan fingerprint density at radius 3 is 2.47 bits per heavy atom. The molecule has 1 heterocycles. The van der Waals surface area contributed by atoms with Gasteiger partial charge in [0, 0.05) is 10.6 Å². The summed E-state index contributed by atoms with van der Waals surface area (Å²) in [7, 11) is 1.56. The minimum atomic E-state index is -0.468. The Bertz CT molecular complexity index is 1470. The molecule has 196 valence electrons. The van der Waals surface area contributed by atoms with Crippen molar-refractivity contribution in [2.75, 3.05) is 7.11 Å².